The van der Waals surface area contributed by atoms with Crippen LogP contribution in [0.3, 0.4) is 0 Å². The van der Waals surface area contributed by atoms with Crippen molar-refractivity contribution in [2.75, 3.05) is 13.1 Å². The number of hydrogen-bond donors (Lipinski definition) is 1. The zero-order valence-corrected chi connectivity index (χ0v) is 19.3. The number of halogens is 1. The molecular formula is C18H23BrN2O3S3. The van der Waals surface area contributed by atoms with E-state index in [1.54, 1.807) is 23.5 Å². The van der Waals surface area contributed by atoms with Crippen molar-refractivity contribution in [1.82, 2.24) is 9.62 Å². The number of thiophene rings is 2. The predicted octanol–water partition coefficient (Wildman–Crippen LogP) is 4.49. The summed E-state index contributed by atoms with van der Waals surface area (Å²) in [6.07, 6.45) is 1.10. The molecule has 1 fully saturated rings. The molecule has 2 aromatic rings. The number of hydrogen-bond acceptors (Lipinski definition) is 5. The quantitative estimate of drug-likeness (QED) is 0.648. The number of piperidine rings is 1. The standard InChI is InChI=1S/C18H23BrN2O3S3/c1-12(2)17(14-4-3-11-25-14)20-18(22)13-7-9-21(10-8-13)27(23,24)16-6-5-15(19)26-16/h3-6,11-13,17H,7-10H2,1-2H3,(H,20,22). The Morgan fingerprint density at radius 2 is 1.96 bits per heavy atom. The second-order valence-corrected chi connectivity index (χ2v) is 12.6. The summed E-state index contributed by atoms with van der Waals surface area (Å²) in [7, 11) is -3.47. The highest BCUT2D eigenvalue weighted by molar-refractivity contribution is 9.11. The zero-order valence-electron chi connectivity index (χ0n) is 15.2. The van der Waals surface area contributed by atoms with Gasteiger partial charge in [0.1, 0.15) is 4.21 Å². The third-order valence-electron chi connectivity index (χ3n) is 4.78. The molecular weight excluding hydrogens is 468 g/mol. The van der Waals surface area contributed by atoms with Crippen LogP contribution in [0.2, 0.25) is 0 Å². The monoisotopic (exact) mass is 490 g/mol. The average molecular weight is 491 g/mol. The highest BCUT2D eigenvalue weighted by Gasteiger charge is 2.33. The Kier molecular flexibility index (Phi) is 6.79. The van der Waals surface area contributed by atoms with Gasteiger partial charge >= 0.3 is 0 Å². The van der Waals surface area contributed by atoms with Gasteiger partial charge in [-0.2, -0.15) is 4.31 Å². The summed E-state index contributed by atoms with van der Waals surface area (Å²) >= 11 is 6.17. The van der Waals surface area contributed by atoms with Crippen LogP contribution in [0.1, 0.15) is 37.6 Å². The first-order chi connectivity index (χ1) is 12.8. The van der Waals surface area contributed by atoms with Crippen LogP contribution in [0.5, 0.6) is 0 Å². The lowest BCUT2D eigenvalue weighted by Crippen LogP contribution is -2.44. The van der Waals surface area contributed by atoms with Crippen LogP contribution in [0.25, 0.3) is 0 Å². The Hall–Kier alpha value is -0.740. The fourth-order valence-electron chi connectivity index (χ4n) is 3.23. The summed E-state index contributed by atoms with van der Waals surface area (Å²) < 4.78 is 28.1. The van der Waals surface area contributed by atoms with Crippen molar-refractivity contribution < 1.29 is 13.2 Å². The molecule has 1 N–H and O–H groups in total. The molecule has 1 unspecified atom stereocenters. The van der Waals surface area contributed by atoms with Crippen molar-refractivity contribution in [3.05, 3.63) is 38.3 Å². The van der Waals surface area contributed by atoms with E-state index in [1.807, 2.05) is 17.5 Å². The van der Waals surface area contributed by atoms with Gasteiger partial charge < -0.3 is 5.32 Å². The first-order valence-corrected chi connectivity index (χ1v) is 12.8. The van der Waals surface area contributed by atoms with Crippen LogP contribution in [0.15, 0.2) is 37.6 Å². The van der Waals surface area contributed by atoms with Crippen molar-refractivity contribution in [2.24, 2.45) is 11.8 Å². The molecule has 0 radical (unpaired) electrons. The molecule has 0 bridgehead atoms. The van der Waals surface area contributed by atoms with Crippen LogP contribution < -0.4 is 5.32 Å². The molecule has 0 aromatic carbocycles. The number of nitrogens with one attached hydrogen (secondary N) is 1. The highest BCUT2D eigenvalue weighted by Crippen LogP contribution is 2.31. The van der Waals surface area contributed by atoms with E-state index < -0.39 is 10.0 Å². The Labute approximate surface area is 177 Å². The molecule has 3 rings (SSSR count). The van der Waals surface area contributed by atoms with E-state index in [0.29, 0.717) is 36.1 Å². The minimum atomic E-state index is -3.47. The maximum absolute atomic E-state index is 12.8. The zero-order chi connectivity index (χ0) is 19.6. The Bertz CT molecular complexity index is 870. The van der Waals surface area contributed by atoms with Gasteiger partial charge in [-0.1, -0.05) is 19.9 Å². The summed E-state index contributed by atoms with van der Waals surface area (Å²) in [6.45, 7) is 4.95. The molecule has 1 amide bonds. The molecule has 3 heterocycles. The van der Waals surface area contributed by atoms with E-state index in [1.165, 1.54) is 15.6 Å². The Morgan fingerprint density at radius 3 is 2.48 bits per heavy atom. The van der Waals surface area contributed by atoms with Crippen LogP contribution >= 0.6 is 38.6 Å². The topological polar surface area (TPSA) is 66.5 Å². The maximum Gasteiger partial charge on any atom is 0.252 e. The van der Waals surface area contributed by atoms with Gasteiger partial charge in [0.05, 0.1) is 9.83 Å². The summed E-state index contributed by atoms with van der Waals surface area (Å²) in [6, 6.07) is 7.41. The van der Waals surface area contributed by atoms with Crippen LogP contribution in [-0.2, 0) is 14.8 Å². The molecule has 1 atom stereocenters. The second-order valence-electron chi connectivity index (χ2n) is 6.98. The number of rotatable bonds is 6. The first-order valence-electron chi connectivity index (χ1n) is 8.88. The smallest absolute Gasteiger partial charge is 0.252 e. The number of carbonyl (C=O) groups is 1. The lowest BCUT2D eigenvalue weighted by atomic mass is 9.95. The summed E-state index contributed by atoms with van der Waals surface area (Å²) in [5, 5.41) is 5.19. The molecule has 0 aliphatic carbocycles. The molecule has 1 aliphatic rings. The first kappa shape index (κ1) is 21.0. The Morgan fingerprint density at radius 1 is 1.26 bits per heavy atom. The second kappa shape index (κ2) is 8.73. The van der Waals surface area contributed by atoms with Gasteiger partial charge in [0.2, 0.25) is 5.91 Å². The number of amides is 1. The molecule has 5 nitrogen and oxygen atoms in total. The Balaban J connectivity index is 1.61. The average Bonchev–Trinajstić information content (AvgIpc) is 3.31. The molecule has 27 heavy (non-hydrogen) atoms. The van der Waals surface area contributed by atoms with Crippen LogP contribution in [0, 0.1) is 11.8 Å². The van der Waals surface area contributed by atoms with Crippen molar-refractivity contribution in [3.8, 4) is 0 Å². The van der Waals surface area contributed by atoms with Gasteiger partial charge in [0.25, 0.3) is 10.0 Å². The minimum Gasteiger partial charge on any atom is -0.348 e. The molecule has 0 spiro atoms. The fraction of sp³-hybridized carbons (Fsp3) is 0.500. The maximum atomic E-state index is 12.8. The largest absolute Gasteiger partial charge is 0.348 e. The number of nitrogens with zero attached hydrogens (tertiary/aromatic N) is 1. The lowest BCUT2D eigenvalue weighted by molar-refractivity contribution is -0.127. The summed E-state index contributed by atoms with van der Waals surface area (Å²) in [4.78, 5) is 13.9. The van der Waals surface area contributed by atoms with Crippen molar-refractivity contribution in [2.45, 2.75) is 36.9 Å². The van der Waals surface area contributed by atoms with E-state index in [2.05, 4.69) is 35.1 Å². The normalized spacial score (nSPS) is 17.9. The van der Waals surface area contributed by atoms with Crippen LogP contribution in [0.4, 0.5) is 0 Å². The molecule has 0 saturated carbocycles. The third kappa shape index (κ3) is 4.82. The number of sulfonamides is 1. The lowest BCUT2D eigenvalue weighted by Gasteiger charge is -2.31. The highest BCUT2D eigenvalue weighted by atomic mass is 79.9. The fourth-order valence-corrected chi connectivity index (χ4v) is 7.81. The minimum absolute atomic E-state index is 0.00253. The van der Waals surface area contributed by atoms with Crippen molar-refractivity contribution in [1.29, 1.82) is 0 Å². The molecule has 1 saturated heterocycles. The summed E-state index contributed by atoms with van der Waals surface area (Å²) in [5.74, 6) is 0.177. The SMILES string of the molecule is CC(C)C(NC(=O)C1CCN(S(=O)(=O)c2ccc(Br)s2)CC1)c1cccs1. The van der Waals surface area contributed by atoms with Crippen molar-refractivity contribution in [3.63, 3.8) is 0 Å². The molecule has 2 aromatic heterocycles. The van der Waals surface area contributed by atoms with E-state index in [-0.39, 0.29) is 17.9 Å². The number of carbonyl (C=O) groups excluding carboxylic acids is 1. The van der Waals surface area contributed by atoms with Gasteiger partial charge in [-0.3, -0.25) is 4.79 Å². The van der Waals surface area contributed by atoms with Crippen LogP contribution in [-0.4, -0.2) is 31.7 Å². The molecule has 9 heteroatoms. The molecule has 1 aliphatic heterocycles. The van der Waals surface area contributed by atoms with E-state index in [0.717, 1.165) is 8.66 Å². The van der Waals surface area contributed by atoms with Gasteiger partial charge in [-0.25, -0.2) is 8.42 Å². The van der Waals surface area contributed by atoms with Crippen molar-refractivity contribution >= 4 is 54.5 Å². The van der Waals surface area contributed by atoms with E-state index >= 15 is 0 Å². The summed E-state index contributed by atoms with van der Waals surface area (Å²) in [5.41, 5.74) is 0. The van der Waals surface area contributed by atoms with Gasteiger partial charge in [0, 0.05) is 23.9 Å². The predicted molar refractivity (Wildman–Crippen MR) is 114 cm³/mol. The van der Waals surface area contributed by atoms with Gasteiger partial charge in [-0.05, 0) is 58.3 Å². The van der Waals surface area contributed by atoms with Gasteiger partial charge in [0.15, 0.2) is 0 Å². The van der Waals surface area contributed by atoms with E-state index in [4.69, 9.17) is 0 Å². The van der Waals surface area contributed by atoms with E-state index in [9.17, 15) is 13.2 Å². The van der Waals surface area contributed by atoms with Gasteiger partial charge in [-0.15, -0.1) is 22.7 Å². The third-order valence-corrected chi connectivity index (χ3v) is 9.73. The molecule has 148 valence electrons.